The fraction of sp³-hybridized carbons (Fsp3) is 0.818. The van der Waals surface area contributed by atoms with Gasteiger partial charge in [-0.1, -0.05) is 19.9 Å². The summed E-state index contributed by atoms with van der Waals surface area (Å²) in [6, 6.07) is 0.951. The number of nitrogens with one attached hydrogen (secondary N) is 1. The number of rotatable bonds is 4. The minimum Gasteiger partial charge on any atom is -0.381 e. The molecule has 0 aliphatic heterocycles. The molecule has 0 aromatic heterocycles. The summed E-state index contributed by atoms with van der Waals surface area (Å²) < 4.78 is 5.38. The van der Waals surface area contributed by atoms with E-state index in [4.69, 9.17) is 4.74 Å². The smallest absolute Gasteiger partial charge is 0.0652 e. The zero-order valence-corrected chi connectivity index (χ0v) is 9.13. The van der Waals surface area contributed by atoms with E-state index in [1.54, 1.807) is 7.11 Å². The first kappa shape index (κ1) is 10.7. The molecule has 1 fully saturated rings. The third kappa shape index (κ3) is 1.94. The lowest BCUT2D eigenvalue weighted by Gasteiger charge is -2.52. The highest BCUT2D eigenvalue weighted by atomic mass is 16.5. The van der Waals surface area contributed by atoms with Crippen LogP contribution in [0.15, 0.2) is 12.7 Å². The van der Waals surface area contributed by atoms with Crippen molar-refractivity contribution in [3.8, 4) is 0 Å². The molecule has 0 bridgehead atoms. The molecule has 0 aromatic rings. The van der Waals surface area contributed by atoms with Gasteiger partial charge >= 0.3 is 0 Å². The first-order valence-corrected chi connectivity index (χ1v) is 4.93. The van der Waals surface area contributed by atoms with E-state index in [0.29, 0.717) is 18.2 Å². The van der Waals surface area contributed by atoms with Crippen LogP contribution in [0.3, 0.4) is 0 Å². The molecule has 1 N–H and O–H groups in total. The highest BCUT2D eigenvalue weighted by Crippen LogP contribution is 2.42. The summed E-state index contributed by atoms with van der Waals surface area (Å²) in [4.78, 5) is 0. The van der Waals surface area contributed by atoms with Crippen LogP contribution in [-0.4, -0.2) is 25.3 Å². The van der Waals surface area contributed by atoms with Gasteiger partial charge in [0.2, 0.25) is 0 Å². The van der Waals surface area contributed by atoms with Gasteiger partial charge in [0.05, 0.1) is 6.10 Å². The van der Waals surface area contributed by atoms with E-state index in [9.17, 15) is 0 Å². The molecule has 1 aliphatic carbocycles. The Morgan fingerprint density at radius 1 is 1.62 bits per heavy atom. The molecule has 0 saturated heterocycles. The fourth-order valence-corrected chi connectivity index (χ4v) is 1.95. The predicted molar refractivity (Wildman–Crippen MR) is 55.8 cm³/mol. The molecule has 3 atom stereocenters. The molecule has 1 saturated carbocycles. The molecular weight excluding hydrogens is 162 g/mol. The monoisotopic (exact) mass is 183 g/mol. The lowest BCUT2D eigenvalue weighted by molar-refractivity contribution is -0.0986. The minimum absolute atomic E-state index is 0.256. The molecule has 0 aromatic carbocycles. The number of hydrogen-bond acceptors (Lipinski definition) is 2. The Labute approximate surface area is 81.4 Å². The maximum Gasteiger partial charge on any atom is 0.0652 e. The number of hydrogen-bond donors (Lipinski definition) is 1. The van der Waals surface area contributed by atoms with E-state index in [1.165, 1.54) is 0 Å². The average molecular weight is 183 g/mol. The van der Waals surface area contributed by atoms with E-state index in [1.807, 2.05) is 6.08 Å². The number of methoxy groups -OCH3 is 1. The fourth-order valence-electron chi connectivity index (χ4n) is 1.95. The van der Waals surface area contributed by atoms with Crippen LogP contribution in [0.25, 0.3) is 0 Å². The van der Waals surface area contributed by atoms with Crippen molar-refractivity contribution in [2.45, 2.75) is 45.4 Å². The van der Waals surface area contributed by atoms with Gasteiger partial charge in [0.15, 0.2) is 0 Å². The second-order valence-corrected chi connectivity index (χ2v) is 4.53. The van der Waals surface area contributed by atoms with Crippen LogP contribution in [0, 0.1) is 5.41 Å². The summed E-state index contributed by atoms with van der Waals surface area (Å²) in [7, 11) is 1.79. The Hall–Kier alpha value is -0.340. The van der Waals surface area contributed by atoms with Crippen molar-refractivity contribution < 1.29 is 4.74 Å². The molecule has 1 aliphatic rings. The van der Waals surface area contributed by atoms with Crippen molar-refractivity contribution in [2.75, 3.05) is 7.11 Å². The van der Waals surface area contributed by atoms with Crippen LogP contribution in [0.4, 0.5) is 0 Å². The molecule has 3 unspecified atom stereocenters. The van der Waals surface area contributed by atoms with E-state index in [0.717, 1.165) is 6.42 Å². The van der Waals surface area contributed by atoms with Gasteiger partial charge < -0.3 is 10.1 Å². The van der Waals surface area contributed by atoms with Crippen molar-refractivity contribution >= 4 is 0 Å². The zero-order valence-electron chi connectivity index (χ0n) is 9.13. The van der Waals surface area contributed by atoms with Crippen molar-refractivity contribution in [2.24, 2.45) is 5.41 Å². The van der Waals surface area contributed by atoms with Crippen LogP contribution >= 0.6 is 0 Å². The molecule has 0 heterocycles. The summed E-state index contributed by atoms with van der Waals surface area (Å²) in [5.74, 6) is 0. The molecular formula is C11H21NO. The van der Waals surface area contributed by atoms with Crippen molar-refractivity contribution in [3.05, 3.63) is 12.7 Å². The molecule has 0 spiro atoms. The Balaban J connectivity index is 2.44. The maximum atomic E-state index is 5.38. The van der Waals surface area contributed by atoms with Gasteiger partial charge in [-0.2, -0.15) is 0 Å². The van der Waals surface area contributed by atoms with E-state index in [2.05, 4.69) is 32.7 Å². The highest BCUT2D eigenvalue weighted by Gasteiger charge is 2.48. The standard InChI is InChI=1S/C11H21NO/c1-6-8(2)12-9-7-10(13-5)11(9,3)4/h6,8-10,12H,1,7H2,2-5H3. The van der Waals surface area contributed by atoms with Crippen molar-refractivity contribution in [1.82, 2.24) is 5.32 Å². The third-order valence-corrected chi connectivity index (χ3v) is 3.28. The topological polar surface area (TPSA) is 21.3 Å². The van der Waals surface area contributed by atoms with Crippen molar-refractivity contribution in [1.29, 1.82) is 0 Å². The van der Waals surface area contributed by atoms with Gasteiger partial charge in [-0.25, -0.2) is 0 Å². The van der Waals surface area contributed by atoms with Gasteiger partial charge in [0.25, 0.3) is 0 Å². The Morgan fingerprint density at radius 2 is 2.23 bits per heavy atom. The molecule has 0 radical (unpaired) electrons. The molecule has 1 rings (SSSR count). The van der Waals surface area contributed by atoms with Gasteiger partial charge in [0, 0.05) is 24.6 Å². The van der Waals surface area contributed by atoms with E-state index < -0.39 is 0 Å². The number of ether oxygens (including phenoxy) is 1. The average Bonchev–Trinajstić information content (AvgIpc) is 2.10. The van der Waals surface area contributed by atoms with Gasteiger partial charge in [-0.05, 0) is 13.3 Å². The highest BCUT2D eigenvalue weighted by molar-refractivity contribution is 5.04. The molecule has 76 valence electrons. The lowest BCUT2D eigenvalue weighted by atomic mass is 9.64. The Bertz CT molecular complexity index is 189. The zero-order chi connectivity index (χ0) is 10.1. The van der Waals surface area contributed by atoms with Crippen LogP contribution < -0.4 is 5.32 Å². The largest absolute Gasteiger partial charge is 0.381 e. The Morgan fingerprint density at radius 3 is 2.62 bits per heavy atom. The van der Waals surface area contributed by atoms with Gasteiger partial charge in [-0.3, -0.25) is 0 Å². The first-order valence-electron chi connectivity index (χ1n) is 4.93. The quantitative estimate of drug-likeness (QED) is 0.673. The summed E-state index contributed by atoms with van der Waals surface area (Å²) in [5, 5.41) is 3.52. The summed E-state index contributed by atoms with van der Waals surface area (Å²) in [5.41, 5.74) is 0.256. The molecule has 13 heavy (non-hydrogen) atoms. The second kappa shape index (κ2) is 3.81. The Kier molecular flexibility index (Phi) is 3.14. The van der Waals surface area contributed by atoms with Crippen LogP contribution in [0.5, 0.6) is 0 Å². The summed E-state index contributed by atoms with van der Waals surface area (Å²) >= 11 is 0. The first-order chi connectivity index (χ1) is 6.02. The van der Waals surface area contributed by atoms with E-state index in [-0.39, 0.29) is 5.41 Å². The van der Waals surface area contributed by atoms with Crippen molar-refractivity contribution in [3.63, 3.8) is 0 Å². The van der Waals surface area contributed by atoms with Gasteiger partial charge in [0.1, 0.15) is 0 Å². The SMILES string of the molecule is C=CC(C)NC1CC(OC)C1(C)C. The van der Waals surface area contributed by atoms with Gasteiger partial charge in [-0.15, -0.1) is 6.58 Å². The lowest BCUT2D eigenvalue weighted by Crippen LogP contribution is -2.61. The third-order valence-electron chi connectivity index (χ3n) is 3.28. The normalized spacial score (nSPS) is 33.5. The van der Waals surface area contributed by atoms with E-state index >= 15 is 0 Å². The summed E-state index contributed by atoms with van der Waals surface area (Å²) in [6.45, 7) is 10.4. The van der Waals surface area contributed by atoms with Crippen LogP contribution in [0.2, 0.25) is 0 Å². The predicted octanol–water partition coefficient (Wildman–Crippen LogP) is 1.96. The molecule has 2 nitrogen and oxygen atoms in total. The maximum absolute atomic E-state index is 5.38. The minimum atomic E-state index is 0.256. The molecule has 0 amide bonds. The summed E-state index contributed by atoms with van der Waals surface area (Å²) in [6.07, 6.45) is 3.46. The van der Waals surface area contributed by atoms with Crippen LogP contribution in [-0.2, 0) is 4.74 Å². The second-order valence-electron chi connectivity index (χ2n) is 4.53. The van der Waals surface area contributed by atoms with Crippen LogP contribution in [0.1, 0.15) is 27.2 Å². The molecule has 2 heteroatoms.